The number of rotatable bonds is 3. The largest absolute Gasteiger partial charge is 0.450 e. The first kappa shape index (κ1) is 17.0. The number of ether oxygens (including phenoxy) is 1. The summed E-state index contributed by atoms with van der Waals surface area (Å²) in [4.78, 5) is 13.0. The normalized spacial score (nSPS) is 16.6. The van der Waals surface area contributed by atoms with Crippen LogP contribution in [-0.4, -0.2) is 56.5 Å². The average molecular weight is 351 g/mol. The lowest BCUT2D eigenvalue weighted by Crippen LogP contribution is -2.50. The Morgan fingerprint density at radius 1 is 1.32 bits per heavy atom. The molecule has 1 fully saturated rings. The molecule has 0 N–H and O–H groups in total. The molecule has 0 radical (unpaired) electrons. The van der Waals surface area contributed by atoms with Crippen LogP contribution in [0.5, 0.6) is 0 Å². The van der Waals surface area contributed by atoms with Crippen molar-refractivity contribution in [3.8, 4) is 0 Å². The number of sulfonamides is 1. The molecule has 22 heavy (non-hydrogen) atoms. The lowest BCUT2D eigenvalue weighted by molar-refractivity contribution is 0.0934. The Balaban J connectivity index is 2.09. The van der Waals surface area contributed by atoms with Crippen molar-refractivity contribution < 1.29 is 22.3 Å². The molecule has 0 aliphatic carbocycles. The van der Waals surface area contributed by atoms with Crippen LogP contribution in [0.2, 0.25) is 5.02 Å². The average Bonchev–Trinajstić information content (AvgIpc) is 2.50. The van der Waals surface area contributed by atoms with Gasteiger partial charge >= 0.3 is 6.09 Å². The van der Waals surface area contributed by atoms with Crippen LogP contribution in [0.15, 0.2) is 23.1 Å². The van der Waals surface area contributed by atoms with Crippen molar-refractivity contribution >= 4 is 27.7 Å². The number of piperazine rings is 1. The molecular formula is C13H16ClFN2O4S. The number of carbonyl (C=O) groups excluding carboxylic acids is 1. The summed E-state index contributed by atoms with van der Waals surface area (Å²) in [7, 11) is -3.76. The fraction of sp³-hybridized carbons (Fsp3) is 0.462. The van der Waals surface area contributed by atoms with Crippen LogP contribution in [0.4, 0.5) is 9.18 Å². The number of benzene rings is 1. The predicted octanol–water partition coefficient (Wildman–Crippen LogP) is 1.94. The standard InChI is InChI=1S/C13H16ClFN2O4S/c1-2-21-13(18)16-5-7-17(8-6-16)22(19,20)10-3-4-12(15)11(14)9-10/h3-4,9H,2,5-8H2,1H3. The van der Waals surface area contributed by atoms with Crippen LogP contribution in [0.25, 0.3) is 0 Å². The molecule has 1 saturated heterocycles. The molecule has 1 aliphatic heterocycles. The fourth-order valence-corrected chi connectivity index (χ4v) is 3.81. The summed E-state index contributed by atoms with van der Waals surface area (Å²) in [6, 6.07) is 3.28. The molecule has 0 saturated carbocycles. The van der Waals surface area contributed by atoms with Crippen molar-refractivity contribution in [2.75, 3.05) is 32.8 Å². The maximum Gasteiger partial charge on any atom is 0.409 e. The van der Waals surface area contributed by atoms with Gasteiger partial charge in [0.1, 0.15) is 5.82 Å². The maximum atomic E-state index is 13.1. The van der Waals surface area contributed by atoms with Gasteiger partial charge < -0.3 is 9.64 Å². The minimum Gasteiger partial charge on any atom is -0.450 e. The highest BCUT2D eigenvalue weighted by Crippen LogP contribution is 2.23. The van der Waals surface area contributed by atoms with Gasteiger partial charge in [-0.15, -0.1) is 0 Å². The molecule has 1 aromatic carbocycles. The smallest absolute Gasteiger partial charge is 0.409 e. The van der Waals surface area contributed by atoms with Crippen LogP contribution in [0, 0.1) is 5.82 Å². The van der Waals surface area contributed by atoms with E-state index in [0.717, 1.165) is 12.1 Å². The van der Waals surface area contributed by atoms with Gasteiger partial charge in [0.15, 0.2) is 0 Å². The van der Waals surface area contributed by atoms with Gasteiger partial charge in [-0.05, 0) is 25.1 Å². The Morgan fingerprint density at radius 2 is 1.95 bits per heavy atom. The summed E-state index contributed by atoms with van der Waals surface area (Å²) in [5.41, 5.74) is 0. The molecule has 0 bridgehead atoms. The van der Waals surface area contributed by atoms with Crippen LogP contribution < -0.4 is 0 Å². The Hall–Kier alpha value is -1.38. The van der Waals surface area contributed by atoms with E-state index in [-0.39, 0.29) is 42.7 Å². The van der Waals surface area contributed by atoms with Gasteiger partial charge in [-0.25, -0.2) is 17.6 Å². The first-order chi connectivity index (χ1) is 10.4. The monoisotopic (exact) mass is 350 g/mol. The zero-order valence-corrected chi connectivity index (χ0v) is 13.5. The molecule has 0 aromatic heterocycles. The van der Waals surface area contributed by atoms with Crippen LogP contribution in [0.1, 0.15) is 6.92 Å². The first-order valence-corrected chi connectivity index (χ1v) is 8.55. The Bertz CT molecular complexity index is 660. The predicted molar refractivity (Wildman–Crippen MR) is 78.8 cm³/mol. The van der Waals surface area contributed by atoms with Crippen molar-refractivity contribution in [2.24, 2.45) is 0 Å². The molecule has 0 spiro atoms. The lowest BCUT2D eigenvalue weighted by Gasteiger charge is -2.33. The van der Waals surface area contributed by atoms with Gasteiger partial charge in [-0.3, -0.25) is 0 Å². The summed E-state index contributed by atoms with van der Waals surface area (Å²) < 4.78 is 44.2. The Morgan fingerprint density at radius 3 is 2.50 bits per heavy atom. The second-order valence-corrected chi connectivity index (χ2v) is 7.01. The molecule has 1 aromatic rings. The third kappa shape index (κ3) is 3.50. The molecule has 122 valence electrons. The summed E-state index contributed by atoms with van der Waals surface area (Å²) in [6.45, 7) is 2.76. The van der Waals surface area contributed by atoms with Crippen LogP contribution in [-0.2, 0) is 14.8 Å². The molecule has 1 heterocycles. The zero-order valence-electron chi connectivity index (χ0n) is 12.0. The van der Waals surface area contributed by atoms with Gasteiger partial charge in [0.25, 0.3) is 0 Å². The zero-order chi connectivity index (χ0) is 16.3. The SMILES string of the molecule is CCOC(=O)N1CCN(S(=O)(=O)c2ccc(F)c(Cl)c2)CC1. The maximum absolute atomic E-state index is 13.1. The van der Waals surface area contributed by atoms with E-state index < -0.39 is 21.9 Å². The van der Waals surface area contributed by atoms with Gasteiger partial charge in [-0.2, -0.15) is 4.31 Å². The quantitative estimate of drug-likeness (QED) is 0.835. The summed E-state index contributed by atoms with van der Waals surface area (Å²) >= 11 is 5.63. The molecule has 9 heteroatoms. The van der Waals surface area contributed by atoms with E-state index in [1.807, 2.05) is 0 Å². The Kier molecular flexibility index (Phi) is 5.25. The second kappa shape index (κ2) is 6.80. The number of nitrogens with zero attached hydrogens (tertiary/aromatic N) is 2. The summed E-state index contributed by atoms with van der Waals surface area (Å²) in [5.74, 6) is -0.673. The molecule has 1 amide bonds. The fourth-order valence-electron chi connectivity index (χ4n) is 2.11. The third-order valence-corrected chi connectivity index (χ3v) is 5.48. The summed E-state index contributed by atoms with van der Waals surface area (Å²) in [5, 5.41) is -0.244. The molecular weight excluding hydrogens is 335 g/mol. The van der Waals surface area contributed by atoms with Crippen molar-refractivity contribution in [3.05, 3.63) is 29.0 Å². The topological polar surface area (TPSA) is 66.9 Å². The van der Waals surface area contributed by atoms with E-state index in [1.165, 1.54) is 15.3 Å². The Labute approximate surface area is 133 Å². The van der Waals surface area contributed by atoms with E-state index in [1.54, 1.807) is 6.92 Å². The van der Waals surface area contributed by atoms with Crippen LogP contribution in [0.3, 0.4) is 0 Å². The number of halogens is 2. The van der Waals surface area contributed by atoms with E-state index >= 15 is 0 Å². The minimum atomic E-state index is -3.76. The number of amides is 1. The molecule has 0 unspecified atom stereocenters. The number of hydrogen-bond acceptors (Lipinski definition) is 4. The van der Waals surface area contributed by atoms with E-state index in [9.17, 15) is 17.6 Å². The van der Waals surface area contributed by atoms with Gasteiger partial charge in [0.2, 0.25) is 10.0 Å². The van der Waals surface area contributed by atoms with E-state index in [0.29, 0.717) is 0 Å². The number of carbonyl (C=O) groups is 1. The van der Waals surface area contributed by atoms with Crippen molar-refractivity contribution in [1.29, 1.82) is 0 Å². The lowest BCUT2D eigenvalue weighted by atomic mass is 10.3. The molecule has 0 atom stereocenters. The highest BCUT2D eigenvalue weighted by Gasteiger charge is 2.30. The van der Waals surface area contributed by atoms with Gasteiger partial charge in [0.05, 0.1) is 16.5 Å². The van der Waals surface area contributed by atoms with E-state index in [2.05, 4.69) is 0 Å². The molecule has 2 rings (SSSR count). The minimum absolute atomic E-state index is 0.0662. The highest BCUT2D eigenvalue weighted by molar-refractivity contribution is 7.89. The second-order valence-electron chi connectivity index (χ2n) is 4.67. The van der Waals surface area contributed by atoms with Crippen molar-refractivity contribution in [1.82, 2.24) is 9.21 Å². The van der Waals surface area contributed by atoms with Crippen LogP contribution >= 0.6 is 11.6 Å². The number of hydrogen-bond donors (Lipinski definition) is 0. The molecule has 6 nitrogen and oxygen atoms in total. The summed E-state index contributed by atoms with van der Waals surface area (Å²) in [6.07, 6.45) is -0.454. The van der Waals surface area contributed by atoms with Gasteiger partial charge in [-0.1, -0.05) is 11.6 Å². The first-order valence-electron chi connectivity index (χ1n) is 6.73. The molecule has 1 aliphatic rings. The van der Waals surface area contributed by atoms with Crippen molar-refractivity contribution in [3.63, 3.8) is 0 Å². The van der Waals surface area contributed by atoms with Gasteiger partial charge in [0, 0.05) is 26.2 Å². The third-order valence-electron chi connectivity index (χ3n) is 3.29. The van der Waals surface area contributed by atoms with Crippen molar-refractivity contribution in [2.45, 2.75) is 11.8 Å². The van der Waals surface area contributed by atoms with E-state index in [4.69, 9.17) is 16.3 Å². The highest BCUT2D eigenvalue weighted by atomic mass is 35.5.